The number of hydrogen-bond donors (Lipinski definition) is 3. The van der Waals surface area contributed by atoms with E-state index >= 15 is 0 Å². The number of carboxylic acids is 1. The van der Waals surface area contributed by atoms with Gasteiger partial charge in [-0.25, -0.2) is 14.6 Å². The molecule has 7 heteroatoms. The van der Waals surface area contributed by atoms with E-state index in [0.29, 0.717) is 5.84 Å². The number of carbonyl (C=O) groups excluding carboxylic acids is 1. The predicted molar refractivity (Wildman–Crippen MR) is 93.4 cm³/mol. The Morgan fingerprint density at radius 3 is 2.20 bits per heavy atom. The van der Waals surface area contributed by atoms with E-state index in [1.54, 1.807) is 19.1 Å². The summed E-state index contributed by atoms with van der Waals surface area (Å²) in [6, 6.07) is 13.4. The lowest BCUT2D eigenvalue weighted by atomic mass is 10.1. The van der Waals surface area contributed by atoms with E-state index in [1.165, 1.54) is 12.1 Å². The minimum absolute atomic E-state index is 0.0362. The maximum atomic E-state index is 11.3. The number of ether oxygens (including phenoxy) is 1. The van der Waals surface area contributed by atoms with Gasteiger partial charge in [-0.15, -0.1) is 0 Å². The number of carbonyl (C=O) groups is 2. The number of hydrogen-bond acceptors (Lipinski definition) is 5. The van der Waals surface area contributed by atoms with Crippen LogP contribution in [0.3, 0.4) is 0 Å². The molecular formula is C18H17N3O4. The molecule has 7 nitrogen and oxygen atoms in total. The van der Waals surface area contributed by atoms with Gasteiger partial charge in [-0.3, -0.25) is 5.41 Å². The molecule has 0 fully saturated rings. The smallest absolute Gasteiger partial charge is 0.338 e. The maximum Gasteiger partial charge on any atom is 0.338 e. The summed E-state index contributed by atoms with van der Waals surface area (Å²) in [6.45, 7) is 1.90. The van der Waals surface area contributed by atoms with Gasteiger partial charge >= 0.3 is 11.9 Å². The number of aliphatic imine (C=N–C) groups is 1. The maximum absolute atomic E-state index is 11.3. The van der Waals surface area contributed by atoms with Gasteiger partial charge in [0.1, 0.15) is 5.84 Å². The third-order valence-electron chi connectivity index (χ3n) is 3.34. The summed E-state index contributed by atoms with van der Waals surface area (Å²) in [5.41, 5.74) is 7.29. The first-order chi connectivity index (χ1) is 12.0. The molecule has 0 atom stereocenters. The van der Waals surface area contributed by atoms with Crippen LogP contribution in [-0.4, -0.2) is 35.3 Å². The lowest BCUT2D eigenvalue weighted by Crippen LogP contribution is -2.11. The molecular weight excluding hydrogens is 322 g/mol. The molecule has 1 aliphatic heterocycles. The van der Waals surface area contributed by atoms with Crippen molar-refractivity contribution in [2.24, 2.45) is 10.7 Å². The number of nitrogens with zero attached hydrogens (tertiary/aromatic N) is 1. The summed E-state index contributed by atoms with van der Waals surface area (Å²) >= 11 is 0. The highest BCUT2D eigenvalue weighted by atomic mass is 16.5. The van der Waals surface area contributed by atoms with Crippen molar-refractivity contribution in [1.29, 1.82) is 5.41 Å². The van der Waals surface area contributed by atoms with Crippen molar-refractivity contribution in [2.45, 2.75) is 6.92 Å². The second-order valence-corrected chi connectivity index (χ2v) is 4.96. The van der Waals surface area contributed by atoms with E-state index in [0.717, 1.165) is 11.1 Å². The molecule has 0 bridgehead atoms. The van der Waals surface area contributed by atoms with Crippen LogP contribution >= 0.6 is 0 Å². The Morgan fingerprint density at radius 2 is 1.64 bits per heavy atom. The topological polar surface area (TPSA) is 126 Å². The average molecular weight is 339 g/mol. The van der Waals surface area contributed by atoms with Gasteiger partial charge in [-0.05, 0) is 19.1 Å². The molecule has 2 aromatic carbocycles. The summed E-state index contributed by atoms with van der Waals surface area (Å²) in [6.07, 6.45) is 0. The fraction of sp³-hybridized carbons (Fsp3) is 0.111. The van der Waals surface area contributed by atoms with Crippen LogP contribution in [0, 0.1) is 5.41 Å². The zero-order valence-corrected chi connectivity index (χ0v) is 13.5. The molecule has 0 aliphatic carbocycles. The summed E-state index contributed by atoms with van der Waals surface area (Å²) in [7, 11) is 0. The highest BCUT2D eigenvalue weighted by molar-refractivity contribution is 6.20. The fourth-order valence-electron chi connectivity index (χ4n) is 2.21. The van der Waals surface area contributed by atoms with E-state index in [4.69, 9.17) is 21.0 Å². The van der Waals surface area contributed by atoms with Crippen molar-refractivity contribution in [2.75, 3.05) is 6.61 Å². The number of fused-ring (bicyclic) bond motifs is 1. The van der Waals surface area contributed by atoms with Crippen molar-refractivity contribution >= 4 is 23.6 Å². The first kappa shape index (κ1) is 17.9. The molecule has 2 aromatic rings. The van der Waals surface area contributed by atoms with Crippen molar-refractivity contribution in [3.8, 4) is 0 Å². The van der Waals surface area contributed by atoms with Crippen molar-refractivity contribution in [3.05, 3.63) is 70.8 Å². The van der Waals surface area contributed by atoms with Gasteiger partial charge in [0, 0.05) is 11.1 Å². The van der Waals surface area contributed by atoms with Crippen LogP contribution in [0.1, 0.15) is 38.8 Å². The number of amidine groups is 2. The number of benzene rings is 2. The average Bonchev–Trinajstić information content (AvgIpc) is 2.90. The molecule has 128 valence electrons. The van der Waals surface area contributed by atoms with Crippen LogP contribution < -0.4 is 5.73 Å². The SMILES string of the molecule is CCOC(=O)c1ccccc1C(=O)O.N=C1N=C(N)c2ccccc21. The highest BCUT2D eigenvalue weighted by Crippen LogP contribution is 2.15. The minimum Gasteiger partial charge on any atom is -0.478 e. The van der Waals surface area contributed by atoms with Gasteiger partial charge in [0.05, 0.1) is 17.7 Å². The molecule has 0 unspecified atom stereocenters. The number of aromatic carboxylic acids is 1. The van der Waals surface area contributed by atoms with Gasteiger partial charge in [0.15, 0.2) is 5.84 Å². The van der Waals surface area contributed by atoms with Crippen LogP contribution in [0.4, 0.5) is 0 Å². The molecule has 1 heterocycles. The number of esters is 1. The van der Waals surface area contributed by atoms with Crippen molar-refractivity contribution in [1.82, 2.24) is 0 Å². The molecule has 0 saturated heterocycles. The lowest BCUT2D eigenvalue weighted by Gasteiger charge is -2.04. The normalized spacial score (nSPS) is 11.7. The summed E-state index contributed by atoms with van der Waals surface area (Å²) in [5, 5.41) is 16.2. The molecule has 3 rings (SSSR count). The largest absolute Gasteiger partial charge is 0.478 e. The lowest BCUT2D eigenvalue weighted by molar-refractivity contribution is 0.0514. The summed E-state index contributed by atoms with van der Waals surface area (Å²) in [4.78, 5) is 25.8. The number of carboxylic acid groups (broad SMARTS) is 1. The molecule has 0 amide bonds. The first-order valence-electron chi connectivity index (χ1n) is 7.47. The quantitative estimate of drug-likeness (QED) is 0.740. The van der Waals surface area contributed by atoms with E-state index in [2.05, 4.69) is 4.99 Å². The van der Waals surface area contributed by atoms with Gasteiger partial charge < -0.3 is 15.6 Å². The zero-order chi connectivity index (χ0) is 18.4. The van der Waals surface area contributed by atoms with Crippen LogP contribution in [0.5, 0.6) is 0 Å². The molecule has 25 heavy (non-hydrogen) atoms. The molecule has 4 N–H and O–H groups in total. The summed E-state index contributed by atoms with van der Waals surface area (Å²) < 4.78 is 4.72. The monoisotopic (exact) mass is 339 g/mol. The Hall–Kier alpha value is -3.48. The van der Waals surface area contributed by atoms with Gasteiger partial charge in [-0.2, -0.15) is 0 Å². The second-order valence-electron chi connectivity index (χ2n) is 4.96. The van der Waals surface area contributed by atoms with Crippen molar-refractivity contribution in [3.63, 3.8) is 0 Å². The minimum atomic E-state index is -1.13. The Bertz CT molecular complexity index is 859. The zero-order valence-electron chi connectivity index (χ0n) is 13.5. The Morgan fingerprint density at radius 1 is 1.08 bits per heavy atom. The molecule has 0 saturated carbocycles. The standard InChI is InChI=1S/C10H10O4.C8H7N3/c1-2-14-10(13)8-6-4-3-5-7(8)9(11)12;9-7-5-3-1-2-4-6(5)8(10)11-7/h3-6H,2H2,1H3,(H,11,12);1-4H,(H3,9,10,11). The van der Waals surface area contributed by atoms with Crippen LogP contribution in [0.2, 0.25) is 0 Å². The van der Waals surface area contributed by atoms with E-state index in [1.807, 2.05) is 24.3 Å². The molecule has 0 aromatic heterocycles. The Labute approximate surface area is 144 Å². The van der Waals surface area contributed by atoms with Crippen molar-refractivity contribution < 1.29 is 19.4 Å². The van der Waals surface area contributed by atoms with E-state index in [-0.39, 0.29) is 23.6 Å². The number of nitrogens with two attached hydrogens (primary N) is 1. The number of rotatable bonds is 3. The third kappa shape index (κ3) is 4.08. The highest BCUT2D eigenvalue weighted by Gasteiger charge is 2.16. The fourth-order valence-corrected chi connectivity index (χ4v) is 2.21. The molecule has 0 spiro atoms. The Kier molecular flexibility index (Phi) is 5.62. The Balaban J connectivity index is 0.000000185. The van der Waals surface area contributed by atoms with Gasteiger partial charge in [0.25, 0.3) is 0 Å². The number of nitrogens with one attached hydrogen (secondary N) is 1. The summed E-state index contributed by atoms with van der Waals surface area (Å²) in [5.74, 6) is -1.03. The third-order valence-corrected chi connectivity index (χ3v) is 3.34. The van der Waals surface area contributed by atoms with Crippen LogP contribution in [0.25, 0.3) is 0 Å². The predicted octanol–water partition coefficient (Wildman–Crippen LogP) is 2.29. The van der Waals surface area contributed by atoms with Crippen LogP contribution in [0.15, 0.2) is 53.5 Å². The van der Waals surface area contributed by atoms with E-state index < -0.39 is 11.9 Å². The molecule has 1 aliphatic rings. The second kappa shape index (κ2) is 7.87. The molecule has 0 radical (unpaired) electrons. The van der Waals surface area contributed by atoms with Crippen LogP contribution in [-0.2, 0) is 4.74 Å². The van der Waals surface area contributed by atoms with E-state index in [9.17, 15) is 9.59 Å². The first-order valence-corrected chi connectivity index (χ1v) is 7.47. The van der Waals surface area contributed by atoms with Gasteiger partial charge in [0.2, 0.25) is 0 Å². The van der Waals surface area contributed by atoms with Gasteiger partial charge in [-0.1, -0.05) is 36.4 Å².